The molecule has 1 aromatic heterocycles. The number of piperazine rings is 1. The van der Waals surface area contributed by atoms with Gasteiger partial charge in [-0.1, -0.05) is 48.0 Å². The molecule has 2 aromatic carbocycles. The molecule has 1 N–H and O–H groups in total. The van der Waals surface area contributed by atoms with Crippen molar-refractivity contribution < 1.29 is 4.79 Å². The van der Waals surface area contributed by atoms with Crippen LogP contribution < -0.4 is 15.1 Å². The molecule has 0 unspecified atom stereocenters. The van der Waals surface area contributed by atoms with E-state index in [1.165, 1.54) is 46.6 Å². The monoisotopic (exact) mass is 522 g/mol. The first-order valence-corrected chi connectivity index (χ1v) is 14.2. The summed E-state index contributed by atoms with van der Waals surface area (Å²) in [4.78, 5) is 21.2. The number of aryl methyl sites for hydroxylation is 1. The SMILES string of the molecule is Cc1ccc(Cl)cc1N1CCN(CCNC(=O)c2cc(-c3ccccc3)c(N3CCCCC3)s2)CC1. The number of nitrogens with zero attached hydrogens (tertiary/aromatic N) is 3. The Morgan fingerprint density at radius 1 is 0.917 bits per heavy atom. The van der Waals surface area contributed by atoms with E-state index in [1.54, 1.807) is 11.3 Å². The Hall–Kier alpha value is -2.54. The van der Waals surface area contributed by atoms with Crippen LogP contribution in [-0.4, -0.2) is 63.2 Å². The zero-order chi connectivity index (χ0) is 24.9. The van der Waals surface area contributed by atoms with Gasteiger partial charge in [0, 0.05) is 68.6 Å². The highest BCUT2D eigenvalue weighted by atomic mass is 35.5. The fourth-order valence-corrected chi connectivity index (χ4v) is 6.51. The normalized spacial score (nSPS) is 16.8. The highest BCUT2D eigenvalue weighted by Gasteiger charge is 2.22. The number of hydrogen-bond acceptors (Lipinski definition) is 5. The number of nitrogens with one attached hydrogen (secondary N) is 1. The molecular weight excluding hydrogens is 488 g/mol. The fraction of sp³-hybridized carbons (Fsp3) is 0.414. The van der Waals surface area contributed by atoms with Gasteiger partial charge in [-0.25, -0.2) is 0 Å². The fourth-order valence-electron chi connectivity index (χ4n) is 5.20. The average molecular weight is 523 g/mol. The Bertz CT molecular complexity index is 1170. The van der Waals surface area contributed by atoms with Crippen molar-refractivity contribution in [1.82, 2.24) is 10.2 Å². The second-order valence-corrected chi connectivity index (χ2v) is 11.2. The van der Waals surface area contributed by atoms with Gasteiger partial charge in [0.2, 0.25) is 0 Å². The summed E-state index contributed by atoms with van der Waals surface area (Å²) in [6, 6.07) is 18.7. The molecule has 7 heteroatoms. The smallest absolute Gasteiger partial charge is 0.261 e. The third-order valence-electron chi connectivity index (χ3n) is 7.26. The van der Waals surface area contributed by atoms with Crippen LogP contribution in [0.3, 0.4) is 0 Å². The van der Waals surface area contributed by atoms with E-state index in [0.717, 1.165) is 55.7 Å². The average Bonchev–Trinajstić information content (AvgIpc) is 3.37. The Balaban J connectivity index is 1.17. The van der Waals surface area contributed by atoms with E-state index >= 15 is 0 Å². The highest BCUT2D eigenvalue weighted by Crippen LogP contribution is 2.40. The number of benzene rings is 2. The van der Waals surface area contributed by atoms with E-state index < -0.39 is 0 Å². The molecule has 0 aliphatic carbocycles. The number of halogens is 1. The number of piperidine rings is 1. The molecule has 2 fully saturated rings. The maximum absolute atomic E-state index is 13.1. The lowest BCUT2D eigenvalue weighted by molar-refractivity contribution is 0.0952. The van der Waals surface area contributed by atoms with Gasteiger partial charge in [-0.05, 0) is 55.5 Å². The Morgan fingerprint density at radius 3 is 2.42 bits per heavy atom. The molecule has 190 valence electrons. The quantitative estimate of drug-likeness (QED) is 0.418. The number of rotatable bonds is 7. The molecule has 1 amide bonds. The van der Waals surface area contributed by atoms with Crippen LogP contribution in [-0.2, 0) is 0 Å². The Kier molecular flexibility index (Phi) is 8.15. The van der Waals surface area contributed by atoms with Crippen LogP contribution in [0.1, 0.15) is 34.5 Å². The topological polar surface area (TPSA) is 38.8 Å². The molecule has 0 radical (unpaired) electrons. The molecule has 0 saturated carbocycles. The van der Waals surface area contributed by atoms with Gasteiger partial charge in [0.25, 0.3) is 5.91 Å². The molecule has 5 nitrogen and oxygen atoms in total. The van der Waals surface area contributed by atoms with Crippen molar-refractivity contribution in [3.63, 3.8) is 0 Å². The predicted octanol–water partition coefficient (Wildman–Crippen LogP) is 5.92. The van der Waals surface area contributed by atoms with Gasteiger partial charge >= 0.3 is 0 Å². The van der Waals surface area contributed by atoms with Crippen molar-refractivity contribution in [3.8, 4) is 11.1 Å². The lowest BCUT2D eigenvalue weighted by Gasteiger charge is -2.36. The van der Waals surface area contributed by atoms with Gasteiger partial charge < -0.3 is 15.1 Å². The first kappa shape index (κ1) is 25.1. The summed E-state index contributed by atoms with van der Waals surface area (Å²) in [6.45, 7) is 9.72. The molecule has 2 aliphatic heterocycles. The zero-order valence-electron chi connectivity index (χ0n) is 21.0. The van der Waals surface area contributed by atoms with E-state index in [1.807, 2.05) is 12.1 Å². The number of thiophene rings is 1. The van der Waals surface area contributed by atoms with E-state index in [2.05, 4.69) is 69.4 Å². The van der Waals surface area contributed by atoms with Crippen molar-refractivity contribution in [2.45, 2.75) is 26.2 Å². The minimum Gasteiger partial charge on any atom is -0.369 e. The van der Waals surface area contributed by atoms with E-state index in [-0.39, 0.29) is 5.91 Å². The summed E-state index contributed by atoms with van der Waals surface area (Å²) in [5, 5.41) is 5.20. The lowest BCUT2D eigenvalue weighted by atomic mass is 10.1. The van der Waals surface area contributed by atoms with Crippen molar-refractivity contribution in [2.24, 2.45) is 0 Å². The van der Waals surface area contributed by atoms with Gasteiger partial charge in [0.1, 0.15) is 0 Å². The minimum atomic E-state index is 0.0358. The first-order valence-electron chi connectivity index (χ1n) is 13.0. The van der Waals surface area contributed by atoms with Crippen LogP contribution in [0.15, 0.2) is 54.6 Å². The highest BCUT2D eigenvalue weighted by molar-refractivity contribution is 7.18. The summed E-state index contributed by atoms with van der Waals surface area (Å²) >= 11 is 7.86. The molecule has 0 bridgehead atoms. The summed E-state index contributed by atoms with van der Waals surface area (Å²) in [7, 11) is 0. The van der Waals surface area contributed by atoms with Gasteiger partial charge in [0.15, 0.2) is 0 Å². The van der Waals surface area contributed by atoms with E-state index in [4.69, 9.17) is 11.6 Å². The molecule has 2 aliphatic rings. The van der Waals surface area contributed by atoms with Crippen molar-refractivity contribution >= 4 is 39.5 Å². The lowest BCUT2D eigenvalue weighted by Crippen LogP contribution is -2.48. The number of amides is 1. The molecular formula is C29H35ClN4OS. The number of anilines is 2. The number of hydrogen-bond donors (Lipinski definition) is 1. The minimum absolute atomic E-state index is 0.0358. The van der Waals surface area contributed by atoms with E-state index in [0.29, 0.717) is 6.54 Å². The van der Waals surface area contributed by atoms with Crippen molar-refractivity contribution in [1.29, 1.82) is 0 Å². The van der Waals surface area contributed by atoms with Gasteiger partial charge in [-0.15, -0.1) is 11.3 Å². The molecule has 3 heterocycles. The molecule has 3 aromatic rings. The van der Waals surface area contributed by atoms with Crippen molar-refractivity contribution in [3.05, 3.63) is 70.1 Å². The summed E-state index contributed by atoms with van der Waals surface area (Å²) < 4.78 is 0. The molecule has 0 spiro atoms. The van der Waals surface area contributed by atoms with Gasteiger partial charge in [-0.2, -0.15) is 0 Å². The van der Waals surface area contributed by atoms with Crippen LogP contribution in [0.25, 0.3) is 11.1 Å². The summed E-state index contributed by atoms with van der Waals surface area (Å²) in [5.74, 6) is 0.0358. The van der Waals surface area contributed by atoms with Crippen LogP contribution >= 0.6 is 22.9 Å². The van der Waals surface area contributed by atoms with Gasteiger partial charge in [-0.3, -0.25) is 9.69 Å². The first-order chi connectivity index (χ1) is 17.6. The maximum Gasteiger partial charge on any atom is 0.261 e. The van der Waals surface area contributed by atoms with Crippen LogP contribution in [0.2, 0.25) is 5.02 Å². The summed E-state index contributed by atoms with van der Waals surface area (Å²) in [6.07, 6.45) is 3.73. The van der Waals surface area contributed by atoms with Crippen LogP contribution in [0, 0.1) is 6.92 Å². The van der Waals surface area contributed by atoms with E-state index in [9.17, 15) is 4.79 Å². The molecule has 0 atom stereocenters. The number of carbonyl (C=O) groups excluding carboxylic acids is 1. The molecule has 5 rings (SSSR count). The summed E-state index contributed by atoms with van der Waals surface area (Å²) in [5.41, 5.74) is 4.85. The Labute approximate surface area is 223 Å². The maximum atomic E-state index is 13.1. The third kappa shape index (κ3) is 5.88. The Morgan fingerprint density at radius 2 is 1.67 bits per heavy atom. The largest absolute Gasteiger partial charge is 0.369 e. The standard InChI is InChI=1S/C29H35ClN4OS/c1-22-10-11-24(30)20-26(22)33-18-16-32(17-19-33)15-12-31-28(35)27-21-25(23-8-4-2-5-9-23)29(36-27)34-13-6-3-7-14-34/h2,4-5,8-11,20-21H,3,6-7,12-19H2,1H3,(H,31,35). The molecule has 2 saturated heterocycles. The van der Waals surface area contributed by atoms with Gasteiger partial charge in [0.05, 0.1) is 9.88 Å². The predicted molar refractivity (Wildman–Crippen MR) is 153 cm³/mol. The molecule has 36 heavy (non-hydrogen) atoms. The van der Waals surface area contributed by atoms with Crippen LogP contribution in [0.5, 0.6) is 0 Å². The van der Waals surface area contributed by atoms with Crippen molar-refractivity contribution in [2.75, 3.05) is 62.2 Å². The van der Waals surface area contributed by atoms with Crippen LogP contribution in [0.4, 0.5) is 10.7 Å². The second-order valence-electron chi connectivity index (χ2n) is 9.76. The number of carbonyl (C=O) groups is 1. The second kappa shape index (κ2) is 11.7. The third-order valence-corrected chi connectivity index (χ3v) is 8.69. The zero-order valence-corrected chi connectivity index (χ0v) is 22.6.